The summed E-state index contributed by atoms with van der Waals surface area (Å²) < 4.78 is 9.68. The highest BCUT2D eigenvalue weighted by Crippen LogP contribution is 2.28. The van der Waals surface area contributed by atoms with Crippen LogP contribution in [0, 0.1) is 11.3 Å². The molecule has 1 amide bonds. The molecule has 1 aromatic heterocycles. The molecule has 0 saturated heterocycles. The second kappa shape index (κ2) is 5.01. The topological polar surface area (TPSA) is 88.1 Å². The van der Waals surface area contributed by atoms with E-state index in [2.05, 4.69) is 15.0 Å². The first-order chi connectivity index (χ1) is 8.76. The van der Waals surface area contributed by atoms with E-state index in [-0.39, 0.29) is 5.69 Å². The first-order valence-corrected chi connectivity index (χ1v) is 5.05. The van der Waals surface area contributed by atoms with Crippen molar-refractivity contribution < 1.29 is 14.1 Å². The van der Waals surface area contributed by atoms with Crippen molar-refractivity contribution in [1.82, 2.24) is 5.16 Å². The lowest BCUT2D eigenvalue weighted by Crippen LogP contribution is -2.14. The first-order valence-electron chi connectivity index (χ1n) is 5.05. The number of anilines is 1. The number of nitrogens with zero attached hydrogens (tertiary/aromatic N) is 2. The summed E-state index contributed by atoms with van der Waals surface area (Å²) in [7, 11) is 1.46. The lowest BCUT2D eigenvalue weighted by atomic mass is 10.1. The van der Waals surface area contributed by atoms with Gasteiger partial charge in [-0.3, -0.25) is 4.79 Å². The molecule has 0 aliphatic heterocycles. The molecule has 2 aromatic rings. The number of hydrogen-bond donors (Lipinski definition) is 1. The number of carbonyl (C=O) groups is 1. The standard InChI is InChI=1S/C12H9N3O3/c1-17-10-4-2-3-8(7-13)11(10)14-12(16)9-5-6-18-15-9/h2-6H,1H3,(H,14,16). The van der Waals surface area contributed by atoms with Crippen LogP contribution >= 0.6 is 0 Å². The average molecular weight is 243 g/mol. The van der Waals surface area contributed by atoms with Gasteiger partial charge in [-0.25, -0.2) is 0 Å². The molecule has 0 aliphatic rings. The molecule has 6 heteroatoms. The quantitative estimate of drug-likeness (QED) is 0.888. The number of para-hydroxylation sites is 1. The zero-order valence-corrected chi connectivity index (χ0v) is 9.51. The summed E-state index contributed by atoms with van der Waals surface area (Å²) >= 11 is 0. The summed E-state index contributed by atoms with van der Waals surface area (Å²) in [4.78, 5) is 11.8. The zero-order chi connectivity index (χ0) is 13.0. The minimum atomic E-state index is -0.468. The number of aromatic nitrogens is 1. The molecule has 0 fully saturated rings. The van der Waals surface area contributed by atoms with E-state index in [1.54, 1.807) is 18.2 Å². The number of nitriles is 1. The van der Waals surface area contributed by atoms with E-state index in [0.717, 1.165) is 0 Å². The van der Waals surface area contributed by atoms with Crippen LogP contribution in [0.4, 0.5) is 5.69 Å². The number of carbonyl (C=O) groups excluding carboxylic acids is 1. The highest BCUT2D eigenvalue weighted by molar-refractivity contribution is 6.04. The maximum absolute atomic E-state index is 11.8. The third-order valence-corrected chi connectivity index (χ3v) is 2.28. The van der Waals surface area contributed by atoms with Crippen molar-refractivity contribution in [2.24, 2.45) is 0 Å². The maximum atomic E-state index is 11.8. The average Bonchev–Trinajstić information content (AvgIpc) is 2.93. The van der Waals surface area contributed by atoms with Gasteiger partial charge < -0.3 is 14.6 Å². The van der Waals surface area contributed by atoms with Crippen molar-refractivity contribution in [3.63, 3.8) is 0 Å². The van der Waals surface area contributed by atoms with Crippen LogP contribution in [-0.2, 0) is 0 Å². The second-order valence-electron chi connectivity index (χ2n) is 3.33. The van der Waals surface area contributed by atoms with Crippen LogP contribution in [0.3, 0.4) is 0 Å². The largest absolute Gasteiger partial charge is 0.495 e. The van der Waals surface area contributed by atoms with Crippen LogP contribution < -0.4 is 10.1 Å². The number of methoxy groups -OCH3 is 1. The molecule has 0 radical (unpaired) electrons. The fourth-order valence-corrected chi connectivity index (χ4v) is 1.43. The summed E-state index contributed by atoms with van der Waals surface area (Å²) in [6.07, 6.45) is 1.29. The maximum Gasteiger partial charge on any atom is 0.277 e. The Bertz CT molecular complexity index is 600. The number of amides is 1. The number of rotatable bonds is 3. The number of benzene rings is 1. The van der Waals surface area contributed by atoms with Crippen molar-refractivity contribution >= 4 is 11.6 Å². The highest BCUT2D eigenvalue weighted by atomic mass is 16.5. The van der Waals surface area contributed by atoms with Gasteiger partial charge in [0.25, 0.3) is 5.91 Å². The van der Waals surface area contributed by atoms with E-state index >= 15 is 0 Å². The molecule has 1 aromatic carbocycles. The van der Waals surface area contributed by atoms with Crippen LogP contribution in [0.5, 0.6) is 5.75 Å². The van der Waals surface area contributed by atoms with Crippen molar-refractivity contribution in [1.29, 1.82) is 5.26 Å². The monoisotopic (exact) mass is 243 g/mol. The van der Waals surface area contributed by atoms with Crippen LogP contribution in [-0.4, -0.2) is 18.2 Å². The predicted molar refractivity (Wildman–Crippen MR) is 62.2 cm³/mol. The Morgan fingerprint density at radius 1 is 1.50 bits per heavy atom. The lowest BCUT2D eigenvalue weighted by molar-refractivity contribution is 0.101. The van der Waals surface area contributed by atoms with Crippen LogP contribution in [0.2, 0.25) is 0 Å². The van der Waals surface area contributed by atoms with E-state index in [1.165, 1.54) is 19.4 Å². The third kappa shape index (κ3) is 2.15. The van der Waals surface area contributed by atoms with Crippen LogP contribution in [0.25, 0.3) is 0 Å². The van der Waals surface area contributed by atoms with Crippen LogP contribution in [0.15, 0.2) is 35.1 Å². The Labute approximate surface area is 103 Å². The lowest BCUT2D eigenvalue weighted by Gasteiger charge is -2.10. The Hall–Kier alpha value is -2.81. The van der Waals surface area contributed by atoms with Gasteiger partial charge in [-0.2, -0.15) is 5.26 Å². The van der Waals surface area contributed by atoms with Crippen molar-refractivity contribution in [2.75, 3.05) is 12.4 Å². The summed E-state index contributed by atoms with van der Waals surface area (Å²) in [6, 6.07) is 8.32. The summed E-state index contributed by atoms with van der Waals surface area (Å²) in [6.45, 7) is 0. The van der Waals surface area contributed by atoms with E-state index < -0.39 is 5.91 Å². The predicted octanol–water partition coefficient (Wildman–Crippen LogP) is 1.81. The molecule has 18 heavy (non-hydrogen) atoms. The fourth-order valence-electron chi connectivity index (χ4n) is 1.43. The molecule has 0 aliphatic carbocycles. The molecule has 2 rings (SSSR count). The Morgan fingerprint density at radius 3 is 2.94 bits per heavy atom. The molecule has 0 atom stereocenters. The van der Waals surface area contributed by atoms with Gasteiger partial charge in [0.1, 0.15) is 23.8 Å². The molecule has 0 bridgehead atoms. The van der Waals surface area contributed by atoms with Gasteiger partial charge in [0.15, 0.2) is 5.69 Å². The van der Waals surface area contributed by atoms with Gasteiger partial charge in [0.05, 0.1) is 12.7 Å². The smallest absolute Gasteiger partial charge is 0.277 e. The molecular weight excluding hydrogens is 234 g/mol. The summed E-state index contributed by atoms with van der Waals surface area (Å²) in [5, 5.41) is 15.1. The van der Waals surface area contributed by atoms with E-state index in [1.807, 2.05) is 6.07 Å². The minimum absolute atomic E-state index is 0.129. The number of ether oxygens (including phenoxy) is 1. The number of nitrogens with one attached hydrogen (secondary N) is 1. The summed E-state index contributed by atoms with van der Waals surface area (Å²) in [5.41, 5.74) is 0.756. The zero-order valence-electron chi connectivity index (χ0n) is 9.51. The van der Waals surface area contributed by atoms with Crippen molar-refractivity contribution in [3.8, 4) is 11.8 Å². The molecule has 6 nitrogen and oxygen atoms in total. The van der Waals surface area contributed by atoms with Crippen molar-refractivity contribution in [2.45, 2.75) is 0 Å². The second-order valence-corrected chi connectivity index (χ2v) is 3.33. The molecule has 1 heterocycles. The van der Waals surface area contributed by atoms with E-state index in [9.17, 15) is 4.79 Å². The third-order valence-electron chi connectivity index (χ3n) is 2.28. The van der Waals surface area contributed by atoms with E-state index in [4.69, 9.17) is 10.00 Å². The first kappa shape index (κ1) is 11.7. The minimum Gasteiger partial charge on any atom is -0.495 e. The normalized spacial score (nSPS) is 9.56. The summed E-state index contributed by atoms with van der Waals surface area (Å²) in [5.74, 6) is -0.0596. The van der Waals surface area contributed by atoms with E-state index in [0.29, 0.717) is 17.0 Å². The Balaban J connectivity index is 2.34. The Kier molecular flexibility index (Phi) is 3.25. The molecule has 0 spiro atoms. The molecule has 0 saturated carbocycles. The van der Waals surface area contributed by atoms with Crippen molar-refractivity contribution in [3.05, 3.63) is 41.8 Å². The number of hydrogen-bond acceptors (Lipinski definition) is 5. The SMILES string of the molecule is COc1cccc(C#N)c1NC(=O)c1ccon1. The molecule has 1 N–H and O–H groups in total. The van der Waals surface area contributed by atoms with Gasteiger partial charge in [-0.15, -0.1) is 0 Å². The fraction of sp³-hybridized carbons (Fsp3) is 0.0833. The van der Waals surface area contributed by atoms with Gasteiger partial charge in [0.2, 0.25) is 0 Å². The van der Waals surface area contributed by atoms with Gasteiger partial charge in [-0.05, 0) is 12.1 Å². The van der Waals surface area contributed by atoms with Gasteiger partial charge in [0, 0.05) is 6.07 Å². The van der Waals surface area contributed by atoms with Crippen LogP contribution in [0.1, 0.15) is 16.1 Å². The highest BCUT2D eigenvalue weighted by Gasteiger charge is 2.15. The molecule has 90 valence electrons. The Morgan fingerprint density at radius 2 is 2.33 bits per heavy atom. The van der Waals surface area contributed by atoms with Gasteiger partial charge in [-0.1, -0.05) is 11.2 Å². The molecular formula is C12H9N3O3. The van der Waals surface area contributed by atoms with Gasteiger partial charge >= 0.3 is 0 Å². The molecule has 0 unspecified atom stereocenters.